The number of aryl methyl sites for hydroxylation is 2. The second kappa shape index (κ2) is 9.32. The predicted octanol–water partition coefficient (Wildman–Crippen LogP) is 3.65. The Kier molecular flexibility index (Phi) is 7.13. The summed E-state index contributed by atoms with van der Waals surface area (Å²) in [6.45, 7) is 4.74. The quantitative estimate of drug-likeness (QED) is 0.678. The van der Waals surface area contributed by atoms with Crippen molar-refractivity contribution in [3.63, 3.8) is 0 Å². The fourth-order valence-corrected chi connectivity index (χ4v) is 2.45. The number of benzene rings is 2. The van der Waals surface area contributed by atoms with Gasteiger partial charge in [-0.1, -0.05) is 15.9 Å². The van der Waals surface area contributed by atoms with E-state index in [1.54, 1.807) is 7.11 Å². The van der Waals surface area contributed by atoms with Crippen LogP contribution in [0.3, 0.4) is 0 Å². The van der Waals surface area contributed by atoms with E-state index in [0.29, 0.717) is 18.9 Å². The van der Waals surface area contributed by atoms with Crippen LogP contribution in [0.25, 0.3) is 0 Å². The third-order valence-corrected chi connectivity index (χ3v) is 4.78. The van der Waals surface area contributed by atoms with Gasteiger partial charge in [0.25, 0.3) is 5.91 Å². The van der Waals surface area contributed by atoms with Crippen molar-refractivity contribution in [1.29, 1.82) is 0 Å². The summed E-state index contributed by atoms with van der Waals surface area (Å²) in [5, 5.41) is 2.76. The molecule has 2 aromatic rings. The molecule has 1 N–H and O–H groups in total. The van der Waals surface area contributed by atoms with Gasteiger partial charge in [-0.2, -0.15) is 0 Å². The predicted molar refractivity (Wildman–Crippen MR) is 101 cm³/mol. The van der Waals surface area contributed by atoms with Gasteiger partial charge >= 0.3 is 0 Å². The van der Waals surface area contributed by atoms with Crippen molar-refractivity contribution >= 4 is 21.8 Å². The lowest BCUT2D eigenvalue weighted by Gasteiger charge is -2.11. The summed E-state index contributed by atoms with van der Waals surface area (Å²) in [6.07, 6.45) is 0. The minimum Gasteiger partial charge on any atom is -0.497 e. The van der Waals surface area contributed by atoms with Crippen molar-refractivity contribution in [2.24, 2.45) is 0 Å². The average molecular weight is 408 g/mol. The van der Waals surface area contributed by atoms with Gasteiger partial charge in [-0.25, -0.2) is 0 Å². The van der Waals surface area contributed by atoms with Crippen LogP contribution in [0.1, 0.15) is 11.1 Å². The minimum atomic E-state index is -0.184. The molecule has 0 spiro atoms. The number of nitrogens with one attached hydrogen (secondary N) is 1. The van der Waals surface area contributed by atoms with Crippen LogP contribution >= 0.6 is 15.9 Å². The molecule has 25 heavy (non-hydrogen) atoms. The fraction of sp³-hybridized carbons (Fsp3) is 0.316. The first kappa shape index (κ1) is 19.1. The summed E-state index contributed by atoms with van der Waals surface area (Å²) >= 11 is 3.51. The van der Waals surface area contributed by atoms with Crippen molar-refractivity contribution in [3.05, 3.63) is 52.0 Å². The van der Waals surface area contributed by atoms with Gasteiger partial charge in [-0.15, -0.1) is 0 Å². The SMILES string of the molecule is COc1ccc(OCCNC(=O)COc2cc(C)c(Br)c(C)c2)cc1. The van der Waals surface area contributed by atoms with Crippen LogP contribution in [-0.2, 0) is 4.79 Å². The molecule has 0 unspecified atom stereocenters. The highest BCUT2D eigenvalue weighted by Gasteiger charge is 2.06. The van der Waals surface area contributed by atoms with Crippen LogP contribution in [0.15, 0.2) is 40.9 Å². The number of halogens is 1. The van der Waals surface area contributed by atoms with Crippen molar-refractivity contribution in [3.8, 4) is 17.2 Å². The number of carbonyl (C=O) groups is 1. The highest BCUT2D eigenvalue weighted by atomic mass is 79.9. The standard InChI is InChI=1S/C19H22BrNO4/c1-13-10-17(11-14(2)19(13)20)25-12-18(22)21-8-9-24-16-6-4-15(23-3)5-7-16/h4-7,10-11H,8-9,12H2,1-3H3,(H,21,22). The summed E-state index contributed by atoms with van der Waals surface area (Å²) in [5.74, 6) is 2.00. The van der Waals surface area contributed by atoms with Crippen molar-refractivity contribution in [2.45, 2.75) is 13.8 Å². The number of hydrogen-bond acceptors (Lipinski definition) is 4. The summed E-state index contributed by atoms with van der Waals surface area (Å²) in [7, 11) is 1.62. The number of methoxy groups -OCH3 is 1. The number of rotatable bonds is 8. The van der Waals surface area contributed by atoms with E-state index in [1.807, 2.05) is 50.2 Å². The molecule has 0 heterocycles. The Bertz CT molecular complexity index is 693. The van der Waals surface area contributed by atoms with E-state index < -0.39 is 0 Å². The topological polar surface area (TPSA) is 56.8 Å². The molecule has 5 nitrogen and oxygen atoms in total. The van der Waals surface area contributed by atoms with Crippen molar-refractivity contribution in [2.75, 3.05) is 26.9 Å². The Morgan fingerprint density at radius 1 is 1.00 bits per heavy atom. The van der Waals surface area contributed by atoms with E-state index in [9.17, 15) is 4.79 Å². The first-order valence-electron chi connectivity index (χ1n) is 7.92. The van der Waals surface area contributed by atoms with E-state index in [0.717, 1.165) is 27.1 Å². The molecule has 0 radical (unpaired) electrons. The van der Waals surface area contributed by atoms with Crippen molar-refractivity contribution < 1.29 is 19.0 Å². The Morgan fingerprint density at radius 3 is 2.20 bits per heavy atom. The normalized spacial score (nSPS) is 10.2. The highest BCUT2D eigenvalue weighted by molar-refractivity contribution is 9.10. The number of hydrogen-bond donors (Lipinski definition) is 1. The zero-order chi connectivity index (χ0) is 18.2. The molecule has 0 fully saturated rings. The lowest BCUT2D eigenvalue weighted by atomic mass is 10.1. The molecule has 6 heteroatoms. The third-order valence-electron chi connectivity index (χ3n) is 3.53. The molecule has 0 aliphatic carbocycles. The Morgan fingerprint density at radius 2 is 1.60 bits per heavy atom. The van der Waals surface area contributed by atoms with Gasteiger partial charge in [0.1, 0.15) is 23.9 Å². The summed E-state index contributed by atoms with van der Waals surface area (Å²) in [4.78, 5) is 11.8. The van der Waals surface area contributed by atoms with Crippen LogP contribution in [0.5, 0.6) is 17.2 Å². The van der Waals surface area contributed by atoms with E-state index in [4.69, 9.17) is 14.2 Å². The lowest BCUT2D eigenvalue weighted by molar-refractivity contribution is -0.123. The molecule has 2 aromatic carbocycles. The second-order valence-corrected chi connectivity index (χ2v) is 6.33. The first-order valence-corrected chi connectivity index (χ1v) is 8.72. The van der Waals surface area contributed by atoms with Gasteiger partial charge in [-0.3, -0.25) is 4.79 Å². The zero-order valence-electron chi connectivity index (χ0n) is 14.6. The molecular weight excluding hydrogens is 386 g/mol. The second-order valence-electron chi connectivity index (χ2n) is 5.53. The molecule has 0 atom stereocenters. The van der Waals surface area contributed by atoms with Crippen LogP contribution in [0.2, 0.25) is 0 Å². The maximum atomic E-state index is 11.8. The van der Waals surface area contributed by atoms with Crippen LogP contribution in [0, 0.1) is 13.8 Å². The number of ether oxygens (including phenoxy) is 3. The summed E-state index contributed by atoms with van der Waals surface area (Å²) < 4.78 is 17.2. The maximum absolute atomic E-state index is 11.8. The smallest absolute Gasteiger partial charge is 0.258 e. The lowest BCUT2D eigenvalue weighted by Crippen LogP contribution is -2.32. The molecule has 1 amide bonds. The Labute approximate surface area is 156 Å². The maximum Gasteiger partial charge on any atom is 0.258 e. The van der Waals surface area contributed by atoms with Gasteiger partial charge in [0.2, 0.25) is 0 Å². The minimum absolute atomic E-state index is 0.0248. The number of carbonyl (C=O) groups excluding carboxylic acids is 1. The van der Waals surface area contributed by atoms with Gasteiger partial charge < -0.3 is 19.5 Å². The molecule has 134 valence electrons. The molecular formula is C19H22BrNO4. The molecule has 0 aromatic heterocycles. The molecule has 0 bridgehead atoms. The Balaban J connectivity index is 1.68. The van der Waals surface area contributed by atoms with E-state index in [1.165, 1.54) is 0 Å². The molecule has 0 aliphatic rings. The van der Waals surface area contributed by atoms with Gasteiger partial charge in [0.15, 0.2) is 6.61 Å². The van der Waals surface area contributed by atoms with Crippen LogP contribution < -0.4 is 19.5 Å². The summed E-state index contributed by atoms with van der Waals surface area (Å²) in [5.41, 5.74) is 2.14. The first-order chi connectivity index (χ1) is 12.0. The van der Waals surface area contributed by atoms with E-state index >= 15 is 0 Å². The number of amides is 1. The van der Waals surface area contributed by atoms with Crippen LogP contribution in [0.4, 0.5) is 0 Å². The fourth-order valence-electron chi connectivity index (χ4n) is 2.22. The van der Waals surface area contributed by atoms with E-state index in [-0.39, 0.29) is 12.5 Å². The monoisotopic (exact) mass is 407 g/mol. The van der Waals surface area contributed by atoms with Gasteiger partial charge in [-0.05, 0) is 61.4 Å². The Hall–Kier alpha value is -2.21. The molecule has 2 rings (SSSR count). The van der Waals surface area contributed by atoms with Gasteiger partial charge in [0.05, 0.1) is 13.7 Å². The average Bonchev–Trinajstić information content (AvgIpc) is 2.62. The molecule has 0 saturated heterocycles. The van der Waals surface area contributed by atoms with E-state index in [2.05, 4.69) is 21.2 Å². The summed E-state index contributed by atoms with van der Waals surface area (Å²) in [6, 6.07) is 11.1. The zero-order valence-corrected chi connectivity index (χ0v) is 16.2. The molecule has 0 saturated carbocycles. The molecule has 0 aliphatic heterocycles. The highest BCUT2D eigenvalue weighted by Crippen LogP contribution is 2.26. The third kappa shape index (κ3) is 5.98. The van der Waals surface area contributed by atoms with Crippen molar-refractivity contribution in [1.82, 2.24) is 5.32 Å². The van der Waals surface area contributed by atoms with Crippen LogP contribution in [-0.4, -0.2) is 32.8 Å². The van der Waals surface area contributed by atoms with Gasteiger partial charge in [0, 0.05) is 4.47 Å². The largest absolute Gasteiger partial charge is 0.497 e.